The van der Waals surface area contributed by atoms with Gasteiger partial charge in [0.1, 0.15) is 5.16 Å². The summed E-state index contributed by atoms with van der Waals surface area (Å²) in [7, 11) is -0.247. The molecule has 3 rings (SSSR count). The molecule has 0 radical (unpaired) electrons. The third-order valence-electron chi connectivity index (χ3n) is 6.58. The monoisotopic (exact) mass is 422 g/mol. The van der Waals surface area contributed by atoms with Crippen molar-refractivity contribution >= 4 is 20.0 Å². The molecule has 30 heavy (non-hydrogen) atoms. The second-order valence-electron chi connectivity index (χ2n) is 9.05. The molecule has 0 aliphatic heterocycles. The van der Waals surface area contributed by atoms with Gasteiger partial charge >= 0.3 is 0 Å². The summed E-state index contributed by atoms with van der Waals surface area (Å²) in [5.74, 6) is -0.753. The number of carbonyl (C=O) groups is 2. The Bertz CT molecular complexity index is 991. The van der Waals surface area contributed by atoms with Crippen molar-refractivity contribution < 1.29 is 14.2 Å². The fraction of sp³-hybridized carbons (Fsp3) is 0.462. The van der Waals surface area contributed by atoms with Gasteiger partial charge in [0.05, 0.1) is 0 Å². The van der Waals surface area contributed by atoms with Gasteiger partial charge in [-0.25, -0.2) is 0 Å². The van der Waals surface area contributed by atoms with Crippen LogP contribution in [-0.4, -0.2) is 16.7 Å². The van der Waals surface area contributed by atoms with Crippen molar-refractivity contribution in [3.05, 3.63) is 68.8 Å². The van der Waals surface area contributed by atoms with Crippen LogP contribution in [0.15, 0.2) is 24.3 Å². The molecule has 1 aliphatic carbocycles. The molecular weight excluding hydrogens is 391 g/mol. The molecule has 2 aromatic rings. The first-order valence-corrected chi connectivity index (χ1v) is 11.5. The van der Waals surface area contributed by atoms with E-state index >= 15 is 0 Å². The van der Waals surface area contributed by atoms with E-state index in [0.29, 0.717) is 24.0 Å². The zero-order valence-corrected chi connectivity index (χ0v) is 19.8. The number of hydrogen-bond acceptors (Lipinski definition) is 3. The number of benzene rings is 2. The van der Waals surface area contributed by atoms with Crippen molar-refractivity contribution in [2.24, 2.45) is 5.92 Å². The number of Topliss-reactive ketones (excluding diaryl/α,β-unsaturated/α-hetero) is 2. The summed E-state index contributed by atoms with van der Waals surface area (Å²) in [4.78, 5) is 27.7. The molecule has 0 N–H and O–H groups in total. The highest BCUT2D eigenvalue weighted by atomic mass is 31.1. The average Bonchev–Trinajstić information content (AvgIpc) is 2.66. The summed E-state index contributed by atoms with van der Waals surface area (Å²) in [6.07, 6.45) is 2.75. The molecule has 3 nitrogen and oxygen atoms in total. The predicted octanol–water partition coefficient (Wildman–Crippen LogP) is 6.82. The van der Waals surface area contributed by atoms with Crippen LogP contribution >= 0.6 is 8.46 Å². The van der Waals surface area contributed by atoms with E-state index in [1.54, 1.807) is 0 Å². The Kier molecular flexibility index (Phi) is 6.43. The predicted molar refractivity (Wildman–Crippen MR) is 122 cm³/mol. The van der Waals surface area contributed by atoms with E-state index in [4.69, 9.17) is 0 Å². The summed E-state index contributed by atoms with van der Waals surface area (Å²) in [6.45, 7) is 11.8. The Morgan fingerprint density at radius 3 is 1.73 bits per heavy atom. The molecule has 0 amide bonds. The quantitative estimate of drug-likeness (QED) is 0.392. The Morgan fingerprint density at radius 2 is 1.27 bits per heavy atom. The maximum absolute atomic E-state index is 13.9. The second-order valence-corrected chi connectivity index (χ2v) is 10.0. The number of rotatable bonds is 5. The molecule has 0 heterocycles. The lowest BCUT2D eigenvalue weighted by Crippen LogP contribution is -2.47. The first-order valence-electron chi connectivity index (χ1n) is 10.7. The minimum absolute atomic E-state index is 0.0381. The van der Waals surface area contributed by atoms with Gasteiger partial charge in [0.25, 0.3) is 0 Å². The minimum atomic E-state index is -1.19. The molecule has 0 saturated heterocycles. The van der Waals surface area contributed by atoms with Gasteiger partial charge < -0.3 is 0 Å². The number of ketones is 2. The first kappa shape index (κ1) is 22.6. The molecule has 0 aromatic heterocycles. The normalized spacial score (nSPS) is 21.6. The number of aryl methyl sites for hydroxylation is 6. The summed E-state index contributed by atoms with van der Waals surface area (Å²) in [6, 6.07) is 8.00. The average molecular weight is 423 g/mol. The van der Waals surface area contributed by atoms with Crippen LogP contribution < -0.4 is 0 Å². The second kappa shape index (κ2) is 8.55. The van der Waals surface area contributed by atoms with E-state index in [-0.39, 0.29) is 20.0 Å². The van der Waals surface area contributed by atoms with Gasteiger partial charge in [-0.05, 0) is 76.6 Å². The van der Waals surface area contributed by atoms with Crippen molar-refractivity contribution in [3.8, 4) is 0 Å². The van der Waals surface area contributed by atoms with Gasteiger partial charge in [0, 0.05) is 17.0 Å². The summed E-state index contributed by atoms with van der Waals surface area (Å²) >= 11 is 0. The van der Waals surface area contributed by atoms with Crippen LogP contribution in [0.1, 0.15) is 79.8 Å². The van der Waals surface area contributed by atoms with Crippen molar-refractivity contribution in [3.63, 3.8) is 0 Å². The third-order valence-corrected chi connectivity index (χ3v) is 7.64. The molecule has 2 aromatic carbocycles. The highest BCUT2D eigenvalue weighted by Gasteiger charge is 2.52. The van der Waals surface area contributed by atoms with Crippen LogP contribution in [0.5, 0.6) is 0 Å². The van der Waals surface area contributed by atoms with E-state index in [0.717, 1.165) is 46.2 Å². The molecule has 1 saturated carbocycles. The molecule has 158 valence electrons. The van der Waals surface area contributed by atoms with E-state index in [2.05, 4.69) is 0 Å². The molecular formula is C26H31O3P. The minimum Gasteiger partial charge on any atom is -0.294 e. The van der Waals surface area contributed by atoms with Crippen molar-refractivity contribution in [1.29, 1.82) is 0 Å². The molecule has 2 unspecified atom stereocenters. The fourth-order valence-corrected chi connectivity index (χ4v) is 6.24. The van der Waals surface area contributed by atoms with Gasteiger partial charge in [-0.15, -0.1) is 0 Å². The number of hydrogen-bond donors (Lipinski definition) is 0. The Labute approximate surface area is 181 Å². The van der Waals surface area contributed by atoms with Gasteiger partial charge in [-0.1, -0.05) is 48.2 Å². The van der Waals surface area contributed by atoms with Gasteiger partial charge in [-0.3, -0.25) is 14.2 Å². The zero-order chi connectivity index (χ0) is 22.2. The van der Waals surface area contributed by atoms with Crippen LogP contribution in [0.4, 0.5) is 0 Å². The van der Waals surface area contributed by atoms with E-state index < -0.39 is 11.1 Å². The van der Waals surface area contributed by atoms with Crippen LogP contribution in [0.3, 0.4) is 0 Å². The van der Waals surface area contributed by atoms with Crippen LogP contribution in [0.2, 0.25) is 0 Å². The van der Waals surface area contributed by atoms with Crippen molar-refractivity contribution in [2.45, 2.75) is 72.4 Å². The Balaban J connectivity index is 2.14. The van der Waals surface area contributed by atoms with Crippen LogP contribution in [0, 0.1) is 47.5 Å². The van der Waals surface area contributed by atoms with E-state index in [9.17, 15) is 14.2 Å². The highest BCUT2D eigenvalue weighted by Crippen LogP contribution is 2.48. The molecule has 1 aliphatic rings. The lowest BCUT2D eigenvalue weighted by atomic mass is 9.69. The topological polar surface area (TPSA) is 51.2 Å². The summed E-state index contributed by atoms with van der Waals surface area (Å²) < 4.78 is 12.7. The molecule has 0 spiro atoms. The van der Waals surface area contributed by atoms with E-state index in [1.807, 2.05) is 65.8 Å². The lowest BCUT2D eigenvalue weighted by molar-refractivity contribution is 0.0744. The fourth-order valence-electron chi connectivity index (χ4n) is 5.42. The van der Waals surface area contributed by atoms with Gasteiger partial charge in [0.2, 0.25) is 0 Å². The maximum atomic E-state index is 13.9. The Hall–Kier alpha value is -2.12. The van der Waals surface area contributed by atoms with Crippen molar-refractivity contribution in [2.75, 3.05) is 0 Å². The lowest BCUT2D eigenvalue weighted by Gasteiger charge is -2.38. The smallest absolute Gasteiger partial charge is 0.181 e. The Morgan fingerprint density at radius 1 is 0.800 bits per heavy atom. The summed E-state index contributed by atoms with van der Waals surface area (Å²) in [5, 5.41) is -1.19. The van der Waals surface area contributed by atoms with Gasteiger partial charge in [0.15, 0.2) is 20.0 Å². The molecule has 0 bridgehead atoms. The number of carbonyl (C=O) groups excluding carboxylic acids is 2. The summed E-state index contributed by atoms with van der Waals surface area (Å²) in [5.41, 5.74) is 7.15. The van der Waals surface area contributed by atoms with Crippen molar-refractivity contribution in [1.82, 2.24) is 0 Å². The highest BCUT2D eigenvalue weighted by molar-refractivity contribution is 7.28. The maximum Gasteiger partial charge on any atom is 0.181 e. The molecule has 1 fully saturated rings. The standard InChI is InChI=1S/C26H31O3P/c1-15-11-17(3)22(18(4)12-15)24(27)21-9-7-8-10-26(21,30-29)25(28)23-19(5)13-16(2)14-20(23)6/h11-14,21H,7-10H2,1-6H3. The van der Waals surface area contributed by atoms with E-state index in [1.165, 1.54) is 0 Å². The molecule has 2 atom stereocenters. The third kappa shape index (κ3) is 3.81. The SMILES string of the molecule is Cc1cc(C)c(C(=O)C2CCCCC2(P=O)C(=O)c2c(C)cc(C)cc2C)c(C)c1. The zero-order valence-electron chi connectivity index (χ0n) is 18.9. The van der Waals surface area contributed by atoms with Crippen LogP contribution in [-0.2, 0) is 4.57 Å². The molecule has 4 heteroatoms. The van der Waals surface area contributed by atoms with Gasteiger partial charge in [-0.2, -0.15) is 0 Å². The van der Waals surface area contributed by atoms with Crippen LogP contribution in [0.25, 0.3) is 0 Å². The first-order chi connectivity index (χ1) is 14.1. The largest absolute Gasteiger partial charge is 0.294 e.